The first-order valence-electron chi connectivity index (χ1n) is 6.92. The minimum atomic E-state index is 0.596. The Morgan fingerprint density at radius 1 is 0.950 bits per heavy atom. The lowest BCUT2D eigenvalue weighted by Crippen LogP contribution is -2.12. The monoisotopic (exact) mass is 271 g/mol. The molecule has 0 atom stereocenters. The van der Waals surface area contributed by atoms with Gasteiger partial charge in [0.25, 0.3) is 0 Å². The first kappa shape index (κ1) is 14.3. The molecule has 0 aromatic heterocycles. The standard InChI is InChI=1S/C17H21NO2/c1-3-14-8-4-5-9-15(14)18-12-13-20-17-11-7-6-10-16(17)19-2/h4-11,18H,3,12-13H2,1-2H3. The largest absolute Gasteiger partial charge is 0.493 e. The van der Waals surface area contributed by atoms with Crippen molar-refractivity contribution in [2.45, 2.75) is 13.3 Å². The molecule has 0 aliphatic carbocycles. The van der Waals surface area contributed by atoms with Crippen LogP contribution in [0.4, 0.5) is 5.69 Å². The molecule has 0 aliphatic rings. The first-order valence-corrected chi connectivity index (χ1v) is 6.92. The zero-order chi connectivity index (χ0) is 14.2. The number of methoxy groups -OCH3 is 1. The normalized spacial score (nSPS) is 10.1. The Morgan fingerprint density at radius 3 is 2.40 bits per heavy atom. The summed E-state index contributed by atoms with van der Waals surface area (Å²) >= 11 is 0. The van der Waals surface area contributed by atoms with E-state index in [1.165, 1.54) is 11.3 Å². The summed E-state index contributed by atoms with van der Waals surface area (Å²) in [5, 5.41) is 3.41. The van der Waals surface area contributed by atoms with Gasteiger partial charge in [-0.2, -0.15) is 0 Å². The van der Waals surface area contributed by atoms with E-state index in [1.54, 1.807) is 7.11 Å². The summed E-state index contributed by atoms with van der Waals surface area (Å²) in [6.07, 6.45) is 1.02. The molecule has 3 nitrogen and oxygen atoms in total. The van der Waals surface area contributed by atoms with E-state index >= 15 is 0 Å². The number of aryl methyl sites for hydroxylation is 1. The number of rotatable bonds is 7. The van der Waals surface area contributed by atoms with E-state index in [2.05, 4.69) is 30.4 Å². The minimum Gasteiger partial charge on any atom is -0.493 e. The second-order valence-corrected chi connectivity index (χ2v) is 4.44. The van der Waals surface area contributed by atoms with Gasteiger partial charge in [0.05, 0.1) is 7.11 Å². The number of benzene rings is 2. The summed E-state index contributed by atoms with van der Waals surface area (Å²) in [5.74, 6) is 1.54. The molecular formula is C17H21NO2. The first-order chi connectivity index (χ1) is 9.85. The van der Waals surface area contributed by atoms with Crippen molar-refractivity contribution >= 4 is 5.69 Å². The molecule has 0 spiro atoms. The summed E-state index contributed by atoms with van der Waals surface area (Å²) in [6.45, 7) is 3.51. The average Bonchev–Trinajstić information content (AvgIpc) is 2.52. The predicted molar refractivity (Wildman–Crippen MR) is 82.8 cm³/mol. The van der Waals surface area contributed by atoms with Crippen LogP contribution >= 0.6 is 0 Å². The van der Waals surface area contributed by atoms with E-state index < -0.39 is 0 Å². The smallest absolute Gasteiger partial charge is 0.161 e. The zero-order valence-electron chi connectivity index (χ0n) is 12.1. The highest BCUT2D eigenvalue weighted by atomic mass is 16.5. The topological polar surface area (TPSA) is 30.5 Å². The Bertz CT molecular complexity index is 491. The Hall–Kier alpha value is -2.16. The fourth-order valence-electron chi connectivity index (χ4n) is 2.09. The van der Waals surface area contributed by atoms with E-state index in [9.17, 15) is 0 Å². The molecule has 0 saturated heterocycles. The van der Waals surface area contributed by atoms with Gasteiger partial charge in [-0.3, -0.25) is 0 Å². The third-order valence-corrected chi connectivity index (χ3v) is 3.14. The predicted octanol–water partition coefficient (Wildman–Crippen LogP) is 3.75. The van der Waals surface area contributed by atoms with Gasteiger partial charge in [-0.05, 0) is 30.2 Å². The lowest BCUT2D eigenvalue weighted by molar-refractivity contribution is 0.306. The van der Waals surface area contributed by atoms with Gasteiger partial charge in [0, 0.05) is 12.2 Å². The Morgan fingerprint density at radius 2 is 1.65 bits per heavy atom. The molecule has 0 unspecified atom stereocenters. The van der Waals surface area contributed by atoms with Gasteiger partial charge in [0.1, 0.15) is 6.61 Å². The summed E-state index contributed by atoms with van der Waals surface area (Å²) in [6, 6.07) is 16.0. The van der Waals surface area contributed by atoms with Crippen LogP contribution in [-0.4, -0.2) is 20.3 Å². The van der Waals surface area contributed by atoms with Crippen molar-refractivity contribution in [1.29, 1.82) is 0 Å². The number of para-hydroxylation sites is 3. The molecule has 2 aromatic rings. The van der Waals surface area contributed by atoms with Gasteiger partial charge in [-0.15, -0.1) is 0 Å². The highest BCUT2D eigenvalue weighted by Gasteiger charge is 2.02. The Balaban J connectivity index is 1.84. The summed E-state index contributed by atoms with van der Waals surface area (Å²) in [5.41, 5.74) is 2.50. The molecule has 20 heavy (non-hydrogen) atoms. The van der Waals surface area contributed by atoms with E-state index in [0.29, 0.717) is 6.61 Å². The van der Waals surface area contributed by atoms with Gasteiger partial charge < -0.3 is 14.8 Å². The van der Waals surface area contributed by atoms with Crippen LogP contribution in [0.5, 0.6) is 11.5 Å². The zero-order valence-corrected chi connectivity index (χ0v) is 12.1. The molecule has 1 N–H and O–H groups in total. The third kappa shape index (κ3) is 3.67. The number of nitrogens with one attached hydrogen (secondary N) is 1. The van der Waals surface area contributed by atoms with Crippen molar-refractivity contribution in [1.82, 2.24) is 0 Å². The van der Waals surface area contributed by atoms with Gasteiger partial charge >= 0.3 is 0 Å². The van der Waals surface area contributed by atoms with Crippen LogP contribution in [0.3, 0.4) is 0 Å². The second kappa shape index (κ2) is 7.43. The molecular weight excluding hydrogens is 250 g/mol. The highest BCUT2D eigenvalue weighted by molar-refractivity contribution is 5.51. The molecule has 0 heterocycles. The minimum absolute atomic E-state index is 0.596. The second-order valence-electron chi connectivity index (χ2n) is 4.44. The molecule has 0 radical (unpaired) electrons. The molecule has 0 bridgehead atoms. The third-order valence-electron chi connectivity index (χ3n) is 3.14. The lowest BCUT2D eigenvalue weighted by Gasteiger charge is -2.13. The SMILES string of the molecule is CCc1ccccc1NCCOc1ccccc1OC. The summed E-state index contributed by atoms with van der Waals surface area (Å²) < 4.78 is 11.0. The maximum Gasteiger partial charge on any atom is 0.161 e. The van der Waals surface area contributed by atoms with Crippen LogP contribution in [0, 0.1) is 0 Å². The molecule has 2 aromatic carbocycles. The molecule has 3 heteroatoms. The Labute approximate surface area is 120 Å². The number of hydrogen-bond donors (Lipinski definition) is 1. The van der Waals surface area contributed by atoms with E-state index in [4.69, 9.17) is 9.47 Å². The van der Waals surface area contributed by atoms with Crippen LogP contribution in [0.15, 0.2) is 48.5 Å². The van der Waals surface area contributed by atoms with E-state index in [-0.39, 0.29) is 0 Å². The van der Waals surface area contributed by atoms with Crippen molar-refractivity contribution in [2.75, 3.05) is 25.6 Å². The van der Waals surface area contributed by atoms with E-state index in [1.807, 2.05) is 30.3 Å². The average molecular weight is 271 g/mol. The van der Waals surface area contributed by atoms with Crippen LogP contribution in [0.1, 0.15) is 12.5 Å². The number of hydrogen-bond acceptors (Lipinski definition) is 3. The molecule has 0 fully saturated rings. The molecule has 0 aliphatic heterocycles. The van der Waals surface area contributed by atoms with Gasteiger partial charge in [-0.1, -0.05) is 37.3 Å². The van der Waals surface area contributed by atoms with E-state index in [0.717, 1.165) is 24.5 Å². The van der Waals surface area contributed by atoms with Crippen LogP contribution in [0.2, 0.25) is 0 Å². The molecule has 0 amide bonds. The van der Waals surface area contributed by atoms with Crippen LogP contribution in [0.25, 0.3) is 0 Å². The Kier molecular flexibility index (Phi) is 5.30. The van der Waals surface area contributed by atoms with Gasteiger partial charge in [0.15, 0.2) is 11.5 Å². The van der Waals surface area contributed by atoms with Crippen molar-refractivity contribution in [2.24, 2.45) is 0 Å². The molecule has 0 saturated carbocycles. The lowest BCUT2D eigenvalue weighted by atomic mass is 10.1. The van der Waals surface area contributed by atoms with Crippen molar-refractivity contribution in [3.05, 3.63) is 54.1 Å². The van der Waals surface area contributed by atoms with Crippen LogP contribution in [-0.2, 0) is 6.42 Å². The van der Waals surface area contributed by atoms with Gasteiger partial charge in [0.2, 0.25) is 0 Å². The number of ether oxygens (including phenoxy) is 2. The van der Waals surface area contributed by atoms with Crippen molar-refractivity contribution in [3.63, 3.8) is 0 Å². The molecule has 106 valence electrons. The van der Waals surface area contributed by atoms with Gasteiger partial charge in [-0.25, -0.2) is 0 Å². The fourth-order valence-corrected chi connectivity index (χ4v) is 2.09. The number of anilines is 1. The summed E-state index contributed by atoms with van der Waals surface area (Å²) in [4.78, 5) is 0. The quantitative estimate of drug-likeness (QED) is 0.778. The fraction of sp³-hybridized carbons (Fsp3) is 0.294. The maximum absolute atomic E-state index is 5.74. The maximum atomic E-state index is 5.74. The molecule has 2 rings (SSSR count). The van der Waals surface area contributed by atoms with Crippen molar-refractivity contribution in [3.8, 4) is 11.5 Å². The van der Waals surface area contributed by atoms with Crippen molar-refractivity contribution < 1.29 is 9.47 Å². The van der Waals surface area contributed by atoms with Crippen LogP contribution < -0.4 is 14.8 Å². The summed E-state index contributed by atoms with van der Waals surface area (Å²) in [7, 11) is 1.65. The highest BCUT2D eigenvalue weighted by Crippen LogP contribution is 2.25.